The standard InChI is InChI=1S/C17H27N5O2/c1-2-24-13-12-22-15(20-14-4-3-7-19-17(14)22)5-6-16(23)21-10-8-18-9-11-21/h3-4,7,16,18,23H,2,5-6,8-13H2,1H3. The molecule has 7 heteroatoms. The molecular formula is C17H27N5O2. The summed E-state index contributed by atoms with van der Waals surface area (Å²) in [5, 5.41) is 13.7. The molecule has 0 aromatic carbocycles. The first kappa shape index (κ1) is 17.3. The van der Waals surface area contributed by atoms with E-state index in [-0.39, 0.29) is 0 Å². The Hall–Kier alpha value is -1.54. The van der Waals surface area contributed by atoms with Crippen LogP contribution in [-0.2, 0) is 17.7 Å². The van der Waals surface area contributed by atoms with Gasteiger partial charge in [0.05, 0.1) is 6.61 Å². The summed E-state index contributed by atoms with van der Waals surface area (Å²) >= 11 is 0. The Morgan fingerprint density at radius 1 is 1.38 bits per heavy atom. The lowest BCUT2D eigenvalue weighted by Crippen LogP contribution is -2.48. The van der Waals surface area contributed by atoms with Crippen LogP contribution in [0.4, 0.5) is 0 Å². The van der Waals surface area contributed by atoms with E-state index in [2.05, 4.69) is 19.8 Å². The van der Waals surface area contributed by atoms with E-state index in [1.54, 1.807) is 6.20 Å². The van der Waals surface area contributed by atoms with E-state index < -0.39 is 6.23 Å². The van der Waals surface area contributed by atoms with Crippen molar-refractivity contribution in [1.82, 2.24) is 24.8 Å². The molecular weight excluding hydrogens is 306 g/mol. The molecule has 1 saturated heterocycles. The number of aromatic nitrogens is 3. The number of rotatable bonds is 8. The smallest absolute Gasteiger partial charge is 0.160 e. The number of nitrogens with zero attached hydrogens (tertiary/aromatic N) is 4. The molecule has 1 aliphatic rings. The topological polar surface area (TPSA) is 75.4 Å². The maximum Gasteiger partial charge on any atom is 0.160 e. The number of aliphatic hydroxyl groups is 1. The monoisotopic (exact) mass is 333 g/mol. The van der Waals surface area contributed by atoms with Crippen molar-refractivity contribution >= 4 is 11.2 Å². The zero-order valence-electron chi connectivity index (χ0n) is 14.3. The minimum atomic E-state index is -0.416. The van der Waals surface area contributed by atoms with E-state index >= 15 is 0 Å². The van der Waals surface area contributed by atoms with Gasteiger partial charge in [-0.1, -0.05) is 0 Å². The van der Waals surface area contributed by atoms with Crippen LogP contribution in [0.1, 0.15) is 19.2 Å². The van der Waals surface area contributed by atoms with E-state index in [0.717, 1.165) is 56.1 Å². The predicted molar refractivity (Wildman–Crippen MR) is 92.8 cm³/mol. The Labute approximate surface area is 142 Å². The van der Waals surface area contributed by atoms with Crippen molar-refractivity contribution in [2.24, 2.45) is 0 Å². The summed E-state index contributed by atoms with van der Waals surface area (Å²) in [6, 6.07) is 3.89. The number of nitrogens with one attached hydrogen (secondary N) is 1. The summed E-state index contributed by atoms with van der Waals surface area (Å²) in [7, 11) is 0. The van der Waals surface area contributed by atoms with Gasteiger partial charge in [0.15, 0.2) is 5.65 Å². The minimum Gasteiger partial charge on any atom is -0.380 e. The third kappa shape index (κ3) is 4.10. The maximum atomic E-state index is 10.4. The van der Waals surface area contributed by atoms with Gasteiger partial charge in [-0.2, -0.15) is 0 Å². The quantitative estimate of drug-likeness (QED) is 0.690. The number of piperazine rings is 1. The number of aryl methyl sites for hydroxylation is 1. The van der Waals surface area contributed by atoms with Crippen LogP contribution in [0.25, 0.3) is 11.2 Å². The molecule has 0 spiro atoms. The van der Waals surface area contributed by atoms with E-state index in [1.807, 2.05) is 19.1 Å². The molecule has 0 saturated carbocycles. The van der Waals surface area contributed by atoms with Crippen LogP contribution in [0, 0.1) is 0 Å². The zero-order valence-corrected chi connectivity index (χ0v) is 14.3. The number of fused-ring (bicyclic) bond motifs is 1. The van der Waals surface area contributed by atoms with Gasteiger partial charge in [0.1, 0.15) is 17.6 Å². The highest BCUT2D eigenvalue weighted by molar-refractivity contribution is 5.71. The highest BCUT2D eigenvalue weighted by Crippen LogP contribution is 2.16. The van der Waals surface area contributed by atoms with Gasteiger partial charge >= 0.3 is 0 Å². The molecule has 132 valence electrons. The minimum absolute atomic E-state index is 0.416. The Kier molecular flexibility index (Phi) is 6.14. The molecule has 3 heterocycles. The first-order valence-electron chi connectivity index (χ1n) is 8.80. The number of hydrogen-bond donors (Lipinski definition) is 2. The summed E-state index contributed by atoms with van der Waals surface area (Å²) < 4.78 is 7.61. The third-order valence-corrected chi connectivity index (χ3v) is 4.45. The molecule has 2 aromatic heterocycles. The van der Waals surface area contributed by atoms with Gasteiger partial charge in [0.2, 0.25) is 0 Å². The Bertz CT molecular complexity index is 639. The second-order valence-corrected chi connectivity index (χ2v) is 6.03. The highest BCUT2D eigenvalue weighted by atomic mass is 16.5. The number of aliphatic hydroxyl groups excluding tert-OH is 1. The van der Waals surface area contributed by atoms with Crippen LogP contribution >= 0.6 is 0 Å². The summed E-state index contributed by atoms with van der Waals surface area (Å²) in [4.78, 5) is 11.3. The van der Waals surface area contributed by atoms with Crippen LogP contribution in [0.3, 0.4) is 0 Å². The van der Waals surface area contributed by atoms with Crippen LogP contribution < -0.4 is 5.32 Å². The van der Waals surface area contributed by atoms with Crippen LogP contribution in [0.15, 0.2) is 18.3 Å². The van der Waals surface area contributed by atoms with E-state index in [0.29, 0.717) is 19.6 Å². The van der Waals surface area contributed by atoms with Gasteiger partial charge in [-0.3, -0.25) is 4.90 Å². The van der Waals surface area contributed by atoms with Crippen molar-refractivity contribution in [2.45, 2.75) is 32.5 Å². The summed E-state index contributed by atoms with van der Waals surface area (Å²) in [5.74, 6) is 0.970. The fourth-order valence-electron chi connectivity index (χ4n) is 3.15. The van der Waals surface area contributed by atoms with Crippen molar-refractivity contribution in [3.8, 4) is 0 Å². The van der Waals surface area contributed by atoms with Crippen molar-refractivity contribution in [2.75, 3.05) is 39.4 Å². The normalized spacial score (nSPS) is 17.4. The van der Waals surface area contributed by atoms with Crippen molar-refractivity contribution < 1.29 is 9.84 Å². The molecule has 0 aliphatic carbocycles. The summed E-state index contributed by atoms with van der Waals surface area (Å²) in [6.45, 7) is 7.74. The fraction of sp³-hybridized carbons (Fsp3) is 0.647. The summed E-state index contributed by atoms with van der Waals surface area (Å²) in [5.41, 5.74) is 1.80. The van der Waals surface area contributed by atoms with Gasteiger partial charge in [-0.05, 0) is 25.5 Å². The highest BCUT2D eigenvalue weighted by Gasteiger charge is 2.19. The fourth-order valence-corrected chi connectivity index (χ4v) is 3.15. The number of hydrogen-bond acceptors (Lipinski definition) is 6. The molecule has 2 N–H and O–H groups in total. The largest absolute Gasteiger partial charge is 0.380 e. The van der Waals surface area contributed by atoms with Crippen molar-refractivity contribution in [3.05, 3.63) is 24.2 Å². The van der Waals surface area contributed by atoms with Gasteiger partial charge in [-0.15, -0.1) is 0 Å². The van der Waals surface area contributed by atoms with Crippen LogP contribution in [0.2, 0.25) is 0 Å². The first-order chi connectivity index (χ1) is 11.8. The average Bonchev–Trinajstić information content (AvgIpc) is 2.98. The Morgan fingerprint density at radius 3 is 3.00 bits per heavy atom. The lowest BCUT2D eigenvalue weighted by atomic mass is 10.2. The van der Waals surface area contributed by atoms with Crippen molar-refractivity contribution in [3.63, 3.8) is 0 Å². The van der Waals surface area contributed by atoms with Crippen LogP contribution in [0.5, 0.6) is 0 Å². The van der Waals surface area contributed by atoms with Gasteiger partial charge in [0.25, 0.3) is 0 Å². The van der Waals surface area contributed by atoms with Crippen LogP contribution in [-0.4, -0.2) is 70.2 Å². The Balaban J connectivity index is 1.69. The SMILES string of the molecule is CCOCCn1c(CCC(O)N2CCNCC2)nc2cccnc21. The molecule has 1 aliphatic heterocycles. The number of imidazole rings is 1. The molecule has 1 atom stereocenters. The molecule has 24 heavy (non-hydrogen) atoms. The molecule has 0 amide bonds. The van der Waals surface area contributed by atoms with E-state index in [1.165, 1.54) is 0 Å². The summed E-state index contributed by atoms with van der Waals surface area (Å²) in [6.07, 6.45) is 2.78. The number of pyridine rings is 1. The second kappa shape index (κ2) is 8.53. The Morgan fingerprint density at radius 2 is 2.21 bits per heavy atom. The van der Waals surface area contributed by atoms with Gasteiger partial charge in [-0.25, -0.2) is 9.97 Å². The van der Waals surface area contributed by atoms with E-state index in [9.17, 15) is 5.11 Å². The third-order valence-electron chi connectivity index (χ3n) is 4.45. The molecule has 0 bridgehead atoms. The van der Waals surface area contributed by atoms with Gasteiger partial charge in [0, 0.05) is 51.9 Å². The van der Waals surface area contributed by atoms with Gasteiger partial charge < -0.3 is 19.7 Å². The average molecular weight is 333 g/mol. The molecule has 1 unspecified atom stereocenters. The zero-order chi connectivity index (χ0) is 16.8. The molecule has 0 radical (unpaired) electrons. The first-order valence-corrected chi connectivity index (χ1v) is 8.80. The maximum absolute atomic E-state index is 10.4. The molecule has 7 nitrogen and oxygen atoms in total. The van der Waals surface area contributed by atoms with Crippen molar-refractivity contribution in [1.29, 1.82) is 0 Å². The lowest BCUT2D eigenvalue weighted by molar-refractivity contribution is -0.00927. The molecule has 2 aromatic rings. The second-order valence-electron chi connectivity index (χ2n) is 6.03. The number of ether oxygens (including phenoxy) is 1. The predicted octanol–water partition coefficient (Wildman–Crippen LogP) is 0.624. The van der Waals surface area contributed by atoms with E-state index in [4.69, 9.17) is 9.72 Å². The molecule has 1 fully saturated rings. The lowest BCUT2D eigenvalue weighted by Gasteiger charge is -2.31. The molecule has 3 rings (SSSR count).